The Morgan fingerprint density at radius 2 is 2.00 bits per heavy atom. The molecule has 0 aromatic carbocycles. The zero-order chi connectivity index (χ0) is 20.9. The van der Waals surface area contributed by atoms with Crippen molar-refractivity contribution in [3.63, 3.8) is 0 Å². The molecule has 0 spiro atoms. The summed E-state index contributed by atoms with van der Waals surface area (Å²) in [5, 5.41) is 18.5. The van der Waals surface area contributed by atoms with Crippen molar-refractivity contribution < 1.29 is 14.7 Å². The molecule has 0 radical (unpaired) electrons. The number of nitrogens with one attached hydrogen (secondary N) is 1. The molecule has 2 aliphatic rings. The van der Waals surface area contributed by atoms with E-state index in [1.54, 1.807) is 6.92 Å². The molecule has 2 amide bonds. The Balaban J connectivity index is 1.43. The number of likely N-dealkylation sites (tertiary alicyclic amines) is 2. The second kappa shape index (κ2) is 9.71. The summed E-state index contributed by atoms with van der Waals surface area (Å²) in [4.78, 5) is 28.0. The summed E-state index contributed by atoms with van der Waals surface area (Å²) < 4.78 is 1.81. The monoisotopic (exact) mass is 405 g/mol. The van der Waals surface area contributed by atoms with Crippen LogP contribution in [0.25, 0.3) is 0 Å². The van der Waals surface area contributed by atoms with Crippen LogP contribution in [-0.4, -0.2) is 80.9 Å². The van der Waals surface area contributed by atoms with Gasteiger partial charge in [0.2, 0.25) is 11.8 Å². The third kappa shape index (κ3) is 6.54. The molecule has 2 aliphatic heterocycles. The molecule has 2 N–H and O–H groups in total. The van der Waals surface area contributed by atoms with Gasteiger partial charge in [0.15, 0.2) is 0 Å². The van der Waals surface area contributed by atoms with Gasteiger partial charge in [-0.05, 0) is 45.1 Å². The Morgan fingerprint density at radius 1 is 1.24 bits per heavy atom. The highest BCUT2D eigenvalue weighted by atomic mass is 16.3. The SMILES string of the molecule is CC(=O)NC1CCN(C[C@@]2(O)CCCN(C(=O)CCn3ccc(C)n3)CC2)CC1. The van der Waals surface area contributed by atoms with Crippen molar-refractivity contribution in [1.29, 1.82) is 0 Å². The zero-order valence-electron chi connectivity index (χ0n) is 17.8. The van der Waals surface area contributed by atoms with Crippen molar-refractivity contribution in [2.45, 2.75) is 70.6 Å². The maximum absolute atomic E-state index is 12.6. The first-order chi connectivity index (χ1) is 13.8. The lowest BCUT2D eigenvalue weighted by Gasteiger charge is -2.38. The third-order valence-electron chi connectivity index (χ3n) is 6.11. The molecular weight excluding hydrogens is 370 g/mol. The molecule has 3 heterocycles. The Bertz CT molecular complexity index is 698. The Labute approximate surface area is 173 Å². The van der Waals surface area contributed by atoms with Gasteiger partial charge < -0.3 is 20.2 Å². The number of aliphatic hydroxyl groups is 1. The number of nitrogens with zero attached hydrogens (tertiary/aromatic N) is 4. The molecule has 1 atom stereocenters. The van der Waals surface area contributed by atoms with Crippen LogP contribution in [-0.2, 0) is 16.1 Å². The number of carbonyl (C=O) groups is 2. The maximum atomic E-state index is 12.6. The molecule has 0 unspecified atom stereocenters. The third-order valence-corrected chi connectivity index (χ3v) is 6.11. The van der Waals surface area contributed by atoms with Crippen LogP contribution < -0.4 is 5.32 Å². The number of hydrogen-bond donors (Lipinski definition) is 2. The number of carbonyl (C=O) groups excluding carboxylic acids is 2. The van der Waals surface area contributed by atoms with E-state index in [2.05, 4.69) is 15.3 Å². The van der Waals surface area contributed by atoms with Crippen molar-refractivity contribution in [2.75, 3.05) is 32.7 Å². The maximum Gasteiger partial charge on any atom is 0.224 e. The van der Waals surface area contributed by atoms with E-state index in [9.17, 15) is 14.7 Å². The van der Waals surface area contributed by atoms with E-state index in [1.807, 2.05) is 28.8 Å². The first-order valence-corrected chi connectivity index (χ1v) is 10.8. The van der Waals surface area contributed by atoms with Gasteiger partial charge >= 0.3 is 0 Å². The minimum atomic E-state index is -0.741. The molecular formula is C21H35N5O3. The standard InChI is InChI=1S/C21H35N5O3/c1-17-4-13-26(23-17)14-7-20(28)25-10-3-8-21(29,9-15-25)16-24-11-5-19(6-12-24)22-18(2)27/h4,13,19,29H,3,5-12,14-16H2,1-2H3,(H,22,27)/t21-/m1/s1. The lowest BCUT2D eigenvalue weighted by atomic mass is 9.93. The minimum absolute atomic E-state index is 0.0262. The highest BCUT2D eigenvalue weighted by Crippen LogP contribution is 2.25. The smallest absolute Gasteiger partial charge is 0.224 e. The lowest BCUT2D eigenvalue weighted by molar-refractivity contribution is -0.131. The molecule has 0 saturated carbocycles. The largest absolute Gasteiger partial charge is 0.388 e. The molecule has 29 heavy (non-hydrogen) atoms. The van der Waals surface area contributed by atoms with Gasteiger partial charge in [0.05, 0.1) is 11.3 Å². The lowest BCUT2D eigenvalue weighted by Crippen LogP contribution is -2.50. The highest BCUT2D eigenvalue weighted by molar-refractivity contribution is 5.76. The van der Waals surface area contributed by atoms with Gasteiger partial charge in [0.1, 0.15) is 0 Å². The van der Waals surface area contributed by atoms with Gasteiger partial charge in [-0.1, -0.05) is 0 Å². The average Bonchev–Trinajstić information content (AvgIpc) is 2.99. The van der Waals surface area contributed by atoms with Crippen LogP contribution in [0.15, 0.2) is 12.3 Å². The molecule has 8 heteroatoms. The number of rotatable bonds is 6. The van der Waals surface area contributed by atoms with E-state index >= 15 is 0 Å². The summed E-state index contributed by atoms with van der Waals surface area (Å²) in [5.41, 5.74) is 0.216. The quantitative estimate of drug-likeness (QED) is 0.735. The topological polar surface area (TPSA) is 90.7 Å². The summed E-state index contributed by atoms with van der Waals surface area (Å²) in [6, 6.07) is 2.19. The van der Waals surface area contributed by atoms with Crippen molar-refractivity contribution in [2.24, 2.45) is 0 Å². The van der Waals surface area contributed by atoms with Crippen molar-refractivity contribution in [3.05, 3.63) is 18.0 Å². The van der Waals surface area contributed by atoms with Crippen LogP contribution in [0.1, 0.15) is 51.1 Å². The van der Waals surface area contributed by atoms with E-state index < -0.39 is 5.60 Å². The number of aromatic nitrogens is 2. The van der Waals surface area contributed by atoms with Gasteiger partial charge in [-0.3, -0.25) is 14.3 Å². The van der Waals surface area contributed by atoms with Crippen LogP contribution in [0, 0.1) is 6.92 Å². The van der Waals surface area contributed by atoms with Gasteiger partial charge in [0, 0.05) is 64.9 Å². The second-order valence-electron chi connectivity index (χ2n) is 8.68. The minimum Gasteiger partial charge on any atom is -0.388 e. The molecule has 162 valence electrons. The number of β-amino-alcohol motifs (C(OH)–C–C–N with tert-alkyl or cyclic N) is 1. The van der Waals surface area contributed by atoms with E-state index in [4.69, 9.17) is 0 Å². The Hall–Kier alpha value is -1.93. The fourth-order valence-electron chi connectivity index (χ4n) is 4.48. The molecule has 1 aromatic rings. The Kier molecular flexibility index (Phi) is 7.29. The first kappa shape index (κ1) is 21.8. The van der Waals surface area contributed by atoms with Crippen LogP contribution in [0.5, 0.6) is 0 Å². The molecule has 2 fully saturated rings. The van der Waals surface area contributed by atoms with Gasteiger partial charge in [0.25, 0.3) is 0 Å². The number of piperidine rings is 1. The number of hydrogen-bond acceptors (Lipinski definition) is 5. The van der Waals surface area contributed by atoms with Crippen molar-refractivity contribution >= 4 is 11.8 Å². The van der Waals surface area contributed by atoms with Crippen LogP contribution in [0.4, 0.5) is 0 Å². The van der Waals surface area contributed by atoms with Crippen molar-refractivity contribution in [1.82, 2.24) is 24.9 Å². The molecule has 2 saturated heterocycles. The summed E-state index contributed by atoms with van der Waals surface area (Å²) >= 11 is 0. The normalized spacial score (nSPS) is 24.3. The van der Waals surface area contributed by atoms with E-state index in [1.165, 1.54) is 0 Å². The summed E-state index contributed by atoms with van der Waals surface area (Å²) in [6.45, 7) is 7.84. The number of amides is 2. The van der Waals surface area contributed by atoms with Gasteiger partial charge in [-0.15, -0.1) is 0 Å². The van der Waals surface area contributed by atoms with E-state index in [0.717, 1.165) is 44.5 Å². The molecule has 3 rings (SSSR count). The predicted molar refractivity (Wildman–Crippen MR) is 110 cm³/mol. The molecule has 8 nitrogen and oxygen atoms in total. The highest BCUT2D eigenvalue weighted by Gasteiger charge is 2.34. The van der Waals surface area contributed by atoms with Crippen LogP contribution in [0.2, 0.25) is 0 Å². The summed E-state index contributed by atoms with van der Waals surface area (Å²) in [7, 11) is 0. The average molecular weight is 406 g/mol. The summed E-state index contributed by atoms with van der Waals surface area (Å²) in [6.07, 6.45) is 6.35. The summed E-state index contributed by atoms with van der Waals surface area (Å²) in [5.74, 6) is 0.164. The predicted octanol–water partition coefficient (Wildman–Crippen LogP) is 0.926. The fraction of sp³-hybridized carbons (Fsp3) is 0.762. The first-order valence-electron chi connectivity index (χ1n) is 10.8. The second-order valence-corrected chi connectivity index (χ2v) is 8.68. The molecule has 0 aliphatic carbocycles. The number of aryl methyl sites for hydroxylation is 2. The molecule has 0 bridgehead atoms. The Morgan fingerprint density at radius 3 is 2.66 bits per heavy atom. The van der Waals surface area contributed by atoms with Crippen LogP contribution >= 0.6 is 0 Å². The van der Waals surface area contributed by atoms with Gasteiger partial charge in [-0.2, -0.15) is 5.10 Å². The van der Waals surface area contributed by atoms with Crippen molar-refractivity contribution in [3.8, 4) is 0 Å². The van der Waals surface area contributed by atoms with E-state index in [0.29, 0.717) is 39.0 Å². The van der Waals surface area contributed by atoms with E-state index in [-0.39, 0.29) is 17.9 Å². The fourth-order valence-corrected chi connectivity index (χ4v) is 4.48. The van der Waals surface area contributed by atoms with Crippen LogP contribution in [0.3, 0.4) is 0 Å². The van der Waals surface area contributed by atoms with Gasteiger partial charge in [-0.25, -0.2) is 0 Å². The molecule has 1 aromatic heterocycles. The zero-order valence-corrected chi connectivity index (χ0v) is 17.8.